The molecule has 0 aromatic heterocycles. The second-order valence-electron chi connectivity index (χ2n) is 4.65. The molecule has 0 aliphatic heterocycles. The summed E-state index contributed by atoms with van der Waals surface area (Å²) in [5, 5.41) is 0. The van der Waals surface area contributed by atoms with Crippen LogP contribution in [0.2, 0.25) is 0 Å². The number of esters is 1. The van der Waals surface area contributed by atoms with Crippen LogP contribution in [0.15, 0.2) is 16.6 Å². The highest BCUT2D eigenvalue weighted by atomic mass is 79.9. The Morgan fingerprint density at radius 1 is 1.52 bits per heavy atom. The summed E-state index contributed by atoms with van der Waals surface area (Å²) < 4.78 is 19.6. The van der Waals surface area contributed by atoms with E-state index in [1.54, 1.807) is 24.0 Å². The van der Waals surface area contributed by atoms with Gasteiger partial charge in [0.05, 0.1) is 16.8 Å². The number of anilines is 1. The van der Waals surface area contributed by atoms with Gasteiger partial charge in [0.2, 0.25) is 0 Å². The van der Waals surface area contributed by atoms with Crippen LogP contribution in [0.3, 0.4) is 0 Å². The maximum atomic E-state index is 14.5. The molecule has 116 valence electrons. The number of halogens is 2. The number of rotatable bonds is 6. The molecule has 0 bridgehead atoms. The van der Waals surface area contributed by atoms with Gasteiger partial charge in [-0.15, -0.1) is 0 Å². The first kappa shape index (κ1) is 17.8. The average molecular weight is 377 g/mol. The monoisotopic (exact) mass is 376 g/mol. The zero-order chi connectivity index (χ0) is 16.2. The summed E-state index contributed by atoms with van der Waals surface area (Å²) in [4.78, 5) is 13.4. The third-order valence-corrected chi connectivity index (χ3v) is 3.86. The van der Waals surface area contributed by atoms with Crippen molar-refractivity contribution in [3.05, 3.63) is 28.0 Å². The first-order valence-corrected chi connectivity index (χ1v) is 7.69. The lowest BCUT2D eigenvalue weighted by Gasteiger charge is -2.28. The minimum absolute atomic E-state index is 0.0265. The van der Waals surface area contributed by atoms with Crippen molar-refractivity contribution in [3.63, 3.8) is 0 Å². The zero-order valence-corrected chi connectivity index (χ0v) is 14.6. The summed E-state index contributed by atoms with van der Waals surface area (Å²) in [6.45, 7) is 5.73. The van der Waals surface area contributed by atoms with E-state index in [0.29, 0.717) is 11.3 Å². The Morgan fingerprint density at radius 3 is 2.62 bits per heavy atom. The molecule has 0 aliphatic carbocycles. The Labute approximate surface area is 137 Å². The Bertz CT molecular complexity index is 552. The minimum Gasteiger partial charge on any atom is -0.465 e. The molecule has 1 aromatic rings. The fourth-order valence-electron chi connectivity index (χ4n) is 1.84. The standard InChI is InChI=1S/C14H18BrFN2O2S/c1-4-20-11(19)7-18(8(2)3)10-6-5-9(14(17)21)12(15)13(10)16/h5-6,8H,4,7H2,1-3H3,(H2,17,21). The highest BCUT2D eigenvalue weighted by Crippen LogP contribution is 2.30. The molecule has 0 unspecified atom stereocenters. The van der Waals surface area contributed by atoms with Crippen LogP contribution < -0.4 is 10.6 Å². The number of thiocarbonyl (C=S) groups is 1. The lowest BCUT2D eigenvalue weighted by atomic mass is 10.1. The molecule has 2 N–H and O–H groups in total. The molecule has 0 amide bonds. The van der Waals surface area contributed by atoms with Gasteiger partial charge in [-0.2, -0.15) is 0 Å². The number of carbonyl (C=O) groups is 1. The van der Waals surface area contributed by atoms with Crippen molar-refractivity contribution in [2.75, 3.05) is 18.1 Å². The fourth-order valence-corrected chi connectivity index (χ4v) is 2.69. The van der Waals surface area contributed by atoms with E-state index < -0.39 is 11.8 Å². The van der Waals surface area contributed by atoms with Gasteiger partial charge in [-0.05, 0) is 48.8 Å². The molecule has 0 spiro atoms. The van der Waals surface area contributed by atoms with E-state index in [1.807, 2.05) is 13.8 Å². The van der Waals surface area contributed by atoms with E-state index in [2.05, 4.69) is 15.9 Å². The van der Waals surface area contributed by atoms with Crippen molar-refractivity contribution in [2.45, 2.75) is 26.8 Å². The SMILES string of the molecule is CCOC(=O)CN(c1ccc(C(N)=S)c(Br)c1F)C(C)C. The third kappa shape index (κ3) is 4.38. The summed E-state index contributed by atoms with van der Waals surface area (Å²) in [5.41, 5.74) is 6.26. The van der Waals surface area contributed by atoms with Crippen molar-refractivity contribution in [2.24, 2.45) is 5.73 Å². The first-order valence-electron chi connectivity index (χ1n) is 6.49. The molecule has 1 rings (SSSR count). The second kappa shape index (κ2) is 7.70. The van der Waals surface area contributed by atoms with Crippen molar-refractivity contribution in [1.82, 2.24) is 0 Å². The van der Waals surface area contributed by atoms with Gasteiger partial charge in [-0.1, -0.05) is 12.2 Å². The summed E-state index contributed by atoms with van der Waals surface area (Å²) in [7, 11) is 0. The van der Waals surface area contributed by atoms with Gasteiger partial charge in [0.25, 0.3) is 0 Å². The lowest BCUT2D eigenvalue weighted by Crippen LogP contribution is -2.37. The minimum atomic E-state index is -0.502. The average Bonchev–Trinajstić information content (AvgIpc) is 2.39. The Balaban J connectivity index is 3.18. The van der Waals surface area contributed by atoms with Crippen LogP contribution in [0.4, 0.5) is 10.1 Å². The van der Waals surface area contributed by atoms with E-state index in [9.17, 15) is 9.18 Å². The summed E-state index contributed by atoms with van der Waals surface area (Å²) in [6.07, 6.45) is 0. The van der Waals surface area contributed by atoms with E-state index in [-0.39, 0.29) is 28.7 Å². The Kier molecular flexibility index (Phi) is 6.54. The molecule has 0 saturated carbocycles. The molecule has 0 radical (unpaired) electrons. The summed E-state index contributed by atoms with van der Waals surface area (Å²) in [5.74, 6) is -0.904. The van der Waals surface area contributed by atoms with E-state index in [1.165, 1.54) is 0 Å². The van der Waals surface area contributed by atoms with Crippen molar-refractivity contribution in [1.29, 1.82) is 0 Å². The van der Waals surface area contributed by atoms with Gasteiger partial charge in [-0.3, -0.25) is 4.79 Å². The summed E-state index contributed by atoms with van der Waals surface area (Å²) >= 11 is 8.03. The van der Waals surface area contributed by atoms with Crippen molar-refractivity contribution >= 4 is 44.8 Å². The van der Waals surface area contributed by atoms with Crippen LogP contribution in [0.25, 0.3) is 0 Å². The maximum Gasteiger partial charge on any atom is 0.325 e. The van der Waals surface area contributed by atoms with Crippen LogP contribution in [0.1, 0.15) is 26.3 Å². The third-order valence-electron chi connectivity index (χ3n) is 2.86. The molecular weight excluding hydrogens is 359 g/mol. The number of carbonyl (C=O) groups excluding carboxylic acids is 1. The highest BCUT2D eigenvalue weighted by Gasteiger charge is 2.22. The number of benzene rings is 1. The van der Waals surface area contributed by atoms with Gasteiger partial charge in [0.1, 0.15) is 11.5 Å². The molecule has 4 nitrogen and oxygen atoms in total. The quantitative estimate of drug-likeness (QED) is 0.610. The number of ether oxygens (including phenoxy) is 1. The van der Waals surface area contributed by atoms with E-state index in [4.69, 9.17) is 22.7 Å². The van der Waals surface area contributed by atoms with Gasteiger partial charge in [-0.25, -0.2) is 4.39 Å². The van der Waals surface area contributed by atoms with Crippen LogP contribution in [-0.2, 0) is 9.53 Å². The normalized spacial score (nSPS) is 10.6. The van der Waals surface area contributed by atoms with Crippen LogP contribution in [0.5, 0.6) is 0 Å². The highest BCUT2D eigenvalue weighted by molar-refractivity contribution is 9.10. The first-order chi connectivity index (χ1) is 9.79. The number of hydrogen-bond donors (Lipinski definition) is 1. The largest absolute Gasteiger partial charge is 0.465 e. The number of nitrogens with two attached hydrogens (primary N) is 1. The maximum absolute atomic E-state index is 14.5. The van der Waals surface area contributed by atoms with Gasteiger partial charge < -0.3 is 15.4 Å². The lowest BCUT2D eigenvalue weighted by molar-refractivity contribution is -0.141. The van der Waals surface area contributed by atoms with Crippen LogP contribution >= 0.6 is 28.1 Å². The van der Waals surface area contributed by atoms with Crippen molar-refractivity contribution < 1.29 is 13.9 Å². The number of hydrogen-bond acceptors (Lipinski definition) is 4. The number of nitrogens with zero attached hydrogens (tertiary/aromatic N) is 1. The molecule has 1 aromatic carbocycles. The van der Waals surface area contributed by atoms with Crippen LogP contribution in [-0.4, -0.2) is 30.2 Å². The zero-order valence-electron chi connectivity index (χ0n) is 12.2. The molecule has 0 heterocycles. The smallest absolute Gasteiger partial charge is 0.325 e. The summed E-state index contributed by atoms with van der Waals surface area (Å²) in [6, 6.07) is 3.12. The van der Waals surface area contributed by atoms with E-state index in [0.717, 1.165) is 0 Å². The van der Waals surface area contributed by atoms with Gasteiger partial charge in [0, 0.05) is 11.6 Å². The second-order valence-corrected chi connectivity index (χ2v) is 5.88. The molecule has 7 heteroatoms. The van der Waals surface area contributed by atoms with Gasteiger partial charge in [0.15, 0.2) is 5.82 Å². The molecule has 0 atom stereocenters. The van der Waals surface area contributed by atoms with Crippen molar-refractivity contribution in [3.8, 4) is 0 Å². The molecule has 0 aliphatic rings. The predicted molar refractivity (Wildman–Crippen MR) is 89.1 cm³/mol. The Hall–Kier alpha value is -1.21. The Morgan fingerprint density at radius 2 is 2.14 bits per heavy atom. The molecular formula is C14H18BrFN2O2S. The predicted octanol–water partition coefficient (Wildman–Crippen LogP) is 3.00. The topological polar surface area (TPSA) is 55.6 Å². The molecule has 0 saturated heterocycles. The molecule has 0 fully saturated rings. The van der Waals surface area contributed by atoms with E-state index >= 15 is 0 Å². The molecule has 21 heavy (non-hydrogen) atoms. The fraction of sp³-hybridized carbons (Fsp3) is 0.429. The van der Waals surface area contributed by atoms with Crippen LogP contribution in [0, 0.1) is 5.82 Å². The van der Waals surface area contributed by atoms with Gasteiger partial charge >= 0.3 is 5.97 Å².